The summed E-state index contributed by atoms with van der Waals surface area (Å²) in [5, 5.41) is 0. The standard InChI is InChI=1S/C13H20BrN3O/c1-3-4-18-13-8-15-7-12(16-13)17(2)9-10-5-11(14)6-10/h7-8,10-11H,3-6,9H2,1-2H3. The van der Waals surface area contributed by atoms with Crippen LogP contribution in [-0.2, 0) is 0 Å². The Morgan fingerprint density at radius 2 is 2.22 bits per heavy atom. The third kappa shape index (κ3) is 3.57. The van der Waals surface area contributed by atoms with Gasteiger partial charge in [-0.2, -0.15) is 4.98 Å². The summed E-state index contributed by atoms with van der Waals surface area (Å²) in [6.45, 7) is 3.81. The molecule has 0 atom stereocenters. The summed E-state index contributed by atoms with van der Waals surface area (Å²) in [4.78, 5) is 11.5. The molecule has 4 nitrogen and oxygen atoms in total. The molecule has 1 heterocycles. The molecule has 0 spiro atoms. The Hall–Kier alpha value is -0.840. The molecule has 5 heteroatoms. The van der Waals surface area contributed by atoms with Gasteiger partial charge in [0, 0.05) is 18.4 Å². The first-order valence-electron chi connectivity index (χ1n) is 6.49. The normalized spacial score (nSPS) is 22.4. The highest BCUT2D eigenvalue weighted by molar-refractivity contribution is 9.09. The number of aromatic nitrogens is 2. The topological polar surface area (TPSA) is 38.2 Å². The number of hydrogen-bond donors (Lipinski definition) is 0. The van der Waals surface area contributed by atoms with E-state index in [1.807, 2.05) is 0 Å². The molecular formula is C13H20BrN3O. The van der Waals surface area contributed by atoms with Gasteiger partial charge in [-0.15, -0.1) is 0 Å². The summed E-state index contributed by atoms with van der Waals surface area (Å²) < 4.78 is 5.50. The number of rotatable bonds is 6. The minimum Gasteiger partial charge on any atom is -0.477 e. The first-order valence-corrected chi connectivity index (χ1v) is 7.40. The van der Waals surface area contributed by atoms with Gasteiger partial charge in [0.15, 0.2) is 5.82 Å². The fraction of sp³-hybridized carbons (Fsp3) is 0.692. The lowest BCUT2D eigenvalue weighted by molar-refractivity contribution is 0.303. The maximum Gasteiger partial charge on any atom is 0.234 e. The van der Waals surface area contributed by atoms with Crippen LogP contribution >= 0.6 is 15.9 Å². The Labute approximate surface area is 117 Å². The van der Waals surface area contributed by atoms with Gasteiger partial charge >= 0.3 is 0 Å². The van der Waals surface area contributed by atoms with Gasteiger partial charge in [0.2, 0.25) is 5.88 Å². The Kier molecular flexibility index (Phi) is 4.80. The second-order valence-corrected chi connectivity index (χ2v) is 6.17. The van der Waals surface area contributed by atoms with E-state index < -0.39 is 0 Å². The monoisotopic (exact) mass is 313 g/mol. The Bertz CT molecular complexity index is 382. The maximum atomic E-state index is 5.50. The van der Waals surface area contributed by atoms with E-state index in [2.05, 4.69) is 44.8 Å². The zero-order chi connectivity index (χ0) is 13.0. The molecule has 0 radical (unpaired) electrons. The van der Waals surface area contributed by atoms with Gasteiger partial charge in [0.05, 0.1) is 19.0 Å². The van der Waals surface area contributed by atoms with Crippen LogP contribution in [0.1, 0.15) is 26.2 Å². The van der Waals surface area contributed by atoms with E-state index in [1.54, 1.807) is 12.4 Å². The quantitative estimate of drug-likeness (QED) is 0.757. The number of nitrogens with zero attached hydrogens (tertiary/aromatic N) is 3. The summed E-state index contributed by atoms with van der Waals surface area (Å²) >= 11 is 3.62. The van der Waals surface area contributed by atoms with Crippen LogP contribution < -0.4 is 9.64 Å². The molecule has 0 unspecified atom stereocenters. The van der Waals surface area contributed by atoms with Gasteiger partial charge in [-0.3, -0.25) is 4.98 Å². The van der Waals surface area contributed by atoms with Crippen molar-refractivity contribution in [2.45, 2.75) is 31.0 Å². The third-order valence-corrected chi connectivity index (χ3v) is 3.90. The molecule has 1 aromatic rings. The van der Waals surface area contributed by atoms with Crippen LogP contribution in [-0.4, -0.2) is 35.0 Å². The first kappa shape index (κ1) is 13.6. The average Bonchev–Trinajstić information content (AvgIpc) is 2.35. The third-order valence-electron chi connectivity index (χ3n) is 3.16. The molecule has 18 heavy (non-hydrogen) atoms. The van der Waals surface area contributed by atoms with Crippen molar-refractivity contribution in [3.63, 3.8) is 0 Å². The van der Waals surface area contributed by atoms with Crippen LogP contribution in [0.2, 0.25) is 0 Å². The smallest absolute Gasteiger partial charge is 0.234 e. The fourth-order valence-electron chi connectivity index (χ4n) is 2.08. The summed E-state index contributed by atoms with van der Waals surface area (Å²) in [6, 6.07) is 0. The number of hydrogen-bond acceptors (Lipinski definition) is 4. The molecule has 2 rings (SSSR count). The Morgan fingerprint density at radius 3 is 2.89 bits per heavy atom. The average molecular weight is 314 g/mol. The van der Waals surface area contributed by atoms with Gasteiger partial charge in [0.25, 0.3) is 0 Å². The number of anilines is 1. The second kappa shape index (κ2) is 6.36. The molecule has 1 saturated carbocycles. The van der Waals surface area contributed by atoms with Crippen molar-refractivity contribution in [3.05, 3.63) is 12.4 Å². The van der Waals surface area contributed by atoms with Crippen molar-refractivity contribution in [3.8, 4) is 5.88 Å². The lowest BCUT2D eigenvalue weighted by Crippen LogP contribution is -2.35. The molecule has 1 aliphatic carbocycles. The molecule has 0 aliphatic heterocycles. The van der Waals surface area contributed by atoms with Crippen LogP contribution in [0, 0.1) is 5.92 Å². The number of ether oxygens (including phenoxy) is 1. The zero-order valence-corrected chi connectivity index (χ0v) is 12.6. The Balaban J connectivity index is 1.90. The molecule has 0 aromatic carbocycles. The van der Waals surface area contributed by atoms with Crippen LogP contribution in [0.4, 0.5) is 5.82 Å². The molecule has 1 aliphatic rings. The molecule has 0 bridgehead atoms. The van der Waals surface area contributed by atoms with E-state index in [1.165, 1.54) is 12.8 Å². The highest BCUT2D eigenvalue weighted by atomic mass is 79.9. The van der Waals surface area contributed by atoms with Gasteiger partial charge in [-0.05, 0) is 25.2 Å². The van der Waals surface area contributed by atoms with Gasteiger partial charge < -0.3 is 9.64 Å². The SMILES string of the molecule is CCCOc1cncc(N(C)CC2CC(Br)C2)n1. The zero-order valence-electron chi connectivity index (χ0n) is 11.0. The lowest BCUT2D eigenvalue weighted by atomic mass is 9.85. The predicted molar refractivity (Wildman–Crippen MR) is 76.5 cm³/mol. The molecule has 0 saturated heterocycles. The van der Waals surface area contributed by atoms with Crippen LogP contribution in [0.5, 0.6) is 5.88 Å². The van der Waals surface area contributed by atoms with E-state index in [0.717, 1.165) is 24.7 Å². The predicted octanol–water partition coefficient (Wildman–Crippen LogP) is 2.88. The first-order chi connectivity index (χ1) is 8.69. The maximum absolute atomic E-state index is 5.50. The van der Waals surface area contributed by atoms with Gasteiger partial charge in [0.1, 0.15) is 0 Å². The van der Waals surface area contributed by atoms with Crippen molar-refractivity contribution in [2.24, 2.45) is 5.92 Å². The Morgan fingerprint density at radius 1 is 1.44 bits per heavy atom. The molecular weight excluding hydrogens is 294 g/mol. The second-order valence-electron chi connectivity index (χ2n) is 4.88. The van der Waals surface area contributed by atoms with E-state index in [4.69, 9.17) is 4.74 Å². The lowest BCUT2D eigenvalue weighted by Gasteiger charge is -2.34. The van der Waals surface area contributed by atoms with E-state index >= 15 is 0 Å². The summed E-state index contributed by atoms with van der Waals surface area (Å²) in [5.41, 5.74) is 0. The molecule has 1 aromatic heterocycles. The molecule has 0 amide bonds. The number of halogens is 1. The minimum atomic E-state index is 0.619. The summed E-state index contributed by atoms with van der Waals surface area (Å²) in [5.74, 6) is 2.27. The largest absolute Gasteiger partial charge is 0.477 e. The highest BCUT2D eigenvalue weighted by Crippen LogP contribution is 2.34. The van der Waals surface area contributed by atoms with Gasteiger partial charge in [-0.1, -0.05) is 22.9 Å². The van der Waals surface area contributed by atoms with Gasteiger partial charge in [-0.25, -0.2) is 0 Å². The number of alkyl halides is 1. The van der Waals surface area contributed by atoms with Crippen molar-refractivity contribution in [2.75, 3.05) is 25.1 Å². The van der Waals surface area contributed by atoms with E-state index in [-0.39, 0.29) is 0 Å². The van der Waals surface area contributed by atoms with E-state index in [0.29, 0.717) is 17.3 Å². The molecule has 0 N–H and O–H groups in total. The van der Waals surface area contributed by atoms with Crippen LogP contribution in [0.25, 0.3) is 0 Å². The van der Waals surface area contributed by atoms with Crippen molar-refractivity contribution < 1.29 is 4.74 Å². The van der Waals surface area contributed by atoms with Crippen LogP contribution in [0.3, 0.4) is 0 Å². The van der Waals surface area contributed by atoms with Crippen molar-refractivity contribution in [1.82, 2.24) is 9.97 Å². The molecule has 100 valence electrons. The van der Waals surface area contributed by atoms with Crippen molar-refractivity contribution >= 4 is 21.7 Å². The van der Waals surface area contributed by atoms with Crippen LogP contribution in [0.15, 0.2) is 12.4 Å². The van der Waals surface area contributed by atoms with Crippen molar-refractivity contribution in [1.29, 1.82) is 0 Å². The summed E-state index contributed by atoms with van der Waals surface area (Å²) in [6.07, 6.45) is 6.96. The highest BCUT2D eigenvalue weighted by Gasteiger charge is 2.27. The summed E-state index contributed by atoms with van der Waals surface area (Å²) in [7, 11) is 2.06. The molecule has 1 fully saturated rings. The minimum absolute atomic E-state index is 0.619. The van der Waals surface area contributed by atoms with E-state index in [9.17, 15) is 0 Å². The fourth-order valence-corrected chi connectivity index (χ4v) is 3.14.